The maximum atomic E-state index is 4.56. The van der Waals surface area contributed by atoms with Gasteiger partial charge in [-0.05, 0) is 36.1 Å². The molecule has 22 heavy (non-hydrogen) atoms. The molecule has 1 saturated heterocycles. The average Bonchev–Trinajstić information content (AvgIpc) is 3.10. The van der Waals surface area contributed by atoms with Gasteiger partial charge in [0, 0.05) is 43.4 Å². The minimum Gasteiger partial charge on any atom is -0.367 e. The van der Waals surface area contributed by atoms with Crippen molar-refractivity contribution in [3.05, 3.63) is 53.5 Å². The Hall–Kier alpha value is -2.07. The highest BCUT2D eigenvalue weighted by atomic mass is 32.1. The lowest BCUT2D eigenvalue weighted by atomic mass is 10.1. The van der Waals surface area contributed by atoms with Crippen LogP contribution in [0.15, 0.2) is 48.0 Å². The standard InChI is InChI=1S/C18H19N3S/c1-14-4-2-5-15-16(7-8-19-18(14)15)20-9-11-21(12-10-20)17-6-3-13-22-17/h2-8,13H,9-12H2,1H3. The van der Waals surface area contributed by atoms with Gasteiger partial charge in [0.1, 0.15) is 0 Å². The Morgan fingerprint density at radius 2 is 1.77 bits per heavy atom. The zero-order valence-electron chi connectivity index (χ0n) is 12.7. The molecule has 0 spiro atoms. The van der Waals surface area contributed by atoms with Crippen LogP contribution in [-0.2, 0) is 0 Å². The van der Waals surface area contributed by atoms with Gasteiger partial charge in [-0.15, -0.1) is 11.3 Å². The summed E-state index contributed by atoms with van der Waals surface area (Å²) in [6.45, 7) is 6.41. The van der Waals surface area contributed by atoms with Crippen molar-refractivity contribution in [1.82, 2.24) is 4.98 Å². The number of benzene rings is 1. The van der Waals surface area contributed by atoms with E-state index < -0.39 is 0 Å². The number of anilines is 2. The van der Waals surface area contributed by atoms with Crippen molar-refractivity contribution in [3.8, 4) is 0 Å². The minimum atomic E-state index is 1.06. The summed E-state index contributed by atoms with van der Waals surface area (Å²) in [7, 11) is 0. The van der Waals surface area contributed by atoms with E-state index >= 15 is 0 Å². The first-order valence-electron chi connectivity index (χ1n) is 7.71. The number of aryl methyl sites for hydroxylation is 1. The maximum Gasteiger partial charge on any atom is 0.0909 e. The Labute approximate surface area is 134 Å². The Balaban J connectivity index is 1.60. The van der Waals surface area contributed by atoms with Crippen molar-refractivity contribution in [1.29, 1.82) is 0 Å². The molecule has 0 aliphatic carbocycles. The van der Waals surface area contributed by atoms with Crippen LogP contribution in [0.4, 0.5) is 10.7 Å². The molecule has 0 amide bonds. The lowest BCUT2D eigenvalue weighted by Crippen LogP contribution is -2.46. The molecule has 112 valence electrons. The van der Waals surface area contributed by atoms with Gasteiger partial charge in [-0.25, -0.2) is 0 Å². The summed E-state index contributed by atoms with van der Waals surface area (Å²) < 4.78 is 0. The molecule has 0 atom stereocenters. The third-order valence-corrected chi connectivity index (χ3v) is 5.32. The fraction of sp³-hybridized carbons (Fsp3) is 0.278. The Kier molecular flexibility index (Phi) is 3.47. The van der Waals surface area contributed by atoms with E-state index in [1.54, 1.807) is 0 Å². The molecule has 3 heterocycles. The molecule has 3 aromatic rings. The van der Waals surface area contributed by atoms with Crippen LogP contribution < -0.4 is 9.80 Å². The number of aromatic nitrogens is 1. The summed E-state index contributed by atoms with van der Waals surface area (Å²) >= 11 is 1.83. The Morgan fingerprint density at radius 3 is 2.55 bits per heavy atom. The fourth-order valence-corrected chi connectivity index (χ4v) is 3.99. The van der Waals surface area contributed by atoms with Crippen molar-refractivity contribution >= 4 is 32.9 Å². The molecule has 1 aromatic carbocycles. The zero-order chi connectivity index (χ0) is 14.9. The summed E-state index contributed by atoms with van der Waals surface area (Å²) in [4.78, 5) is 9.53. The van der Waals surface area contributed by atoms with E-state index in [9.17, 15) is 0 Å². The van der Waals surface area contributed by atoms with Crippen molar-refractivity contribution in [2.75, 3.05) is 36.0 Å². The molecule has 0 bridgehead atoms. The van der Waals surface area contributed by atoms with Crippen molar-refractivity contribution in [3.63, 3.8) is 0 Å². The number of rotatable bonds is 2. The number of hydrogen-bond acceptors (Lipinski definition) is 4. The highest BCUT2D eigenvalue weighted by Gasteiger charge is 2.19. The predicted molar refractivity (Wildman–Crippen MR) is 95.2 cm³/mol. The first-order chi connectivity index (χ1) is 10.8. The van der Waals surface area contributed by atoms with Gasteiger partial charge in [0.2, 0.25) is 0 Å². The topological polar surface area (TPSA) is 19.4 Å². The molecule has 3 nitrogen and oxygen atoms in total. The average molecular weight is 309 g/mol. The molecular weight excluding hydrogens is 290 g/mol. The number of piperazine rings is 1. The molecular formula is C18H19N3S. The SMILES string of the molecule is Cc1cccc2c(N3CCN(c4cccs4)CC3)ccnc12. The predicted octanol–water partition coefficient (Wildman–Crippen LogP) is 3.93. The summed E-state index contributed by atoms with van der Waals surface area (Å²) in [5, 5.41) is 4.81. The van der Waals surface area contributed by atoms with Crippen molar-refractivity contribution < 1.29 is 0 Å². The minimum absolute atomic E-state index is 1.06. The van der Waals surface area contributed by atoms with Gasteiger partial charge in [0.25, 0.3) is 0 Å². The van der Waals surface area contributed by atoms with Crippen LogP contribution in [0.25, 0.3) is 10.9 Å². The molecule has 2 aromatic heterocycles. The second-order valence-corrected chi connectivity index (χ2v) is 6.65. The van der Waals surface area contributed by atoms with Crippen LogP contribution in [0.2, 0.25) is 0 Å². The van der Waals surface area contributed by atoms with Gasteiger partial charge in [0.15, 0.2) is 0 Å². The van der Waals surface area contributed by atoms with Gasteiger partial charge in [0.05, 0.1) is 10.5 Å². The molecule has 0 unspecified atom stereocenters. The summed E-state index contributed by atoms with van der Waals surface area (Å²) in [6, 6.07) is 13.0. The summed E-state index contributed by atoms with van der Waals surface area (Å²) in [5.74, 6) is 0. The zero-order valence-corrected chi connectivity index (χ0v) is 13.5. The normalized spacial score (nSPS) is 15.5. The van der Waals surface area contributed by atoms with Gasteiger partial charge < -0.3 is 9.80 Å². The van der Waals surface area contributed by atoms with Crippen LogP contribution in [-0.4, -0.2) is 31.2 Å². The monoisotopic (exact) mass is 309 g/mol. The van der Waals surface area contributed by atoms with Gasteiger partial charge in [-0.2, -0.15) is 0 Å². The summed E-state index contributed by atoms with van der Waals surface area (Å²) in [5.41, 5.74) is 3.69. The van der Waals surface area contributed by atoms with E-state index in [-0.39, 0.29) is 0 Å². The maximum absolute atomic E-state index is 4.56. The van der Waals surface area contributed by atoms with Crippen molar-refractivity contribution in [2.45, 2.75) is 6.92 Å². The number of fused-ring (bicyclic) bond motifs is 1. The third kappa shape index (κ3) is 2.33. The molecule has 1 fully saturated rings. The molecule has 4 heteroatoms. The Morgan fingerprint density at radius 1 is 0.955 bits per heavy atom. The lowest BCUT2D eigenvalue weighted by Gasteiger charge is -2.37. The molecule has 1 aliphatic heterocycles. The lowest BCUT2D eigenvalue weighted by molar-refractivity contribution is 0.658. The van der Waals surface area contributed by atoms with E-state index in [2.05, 4.69) is 63.5 Å². The van der Waals surface area contributed by atoms with E-state index in [4.69, 9.17) is 0 Å². The highest BCUT2D eigenvalue weighted by molar-refractivity contribution is 7.14. The second kappa shape index (κ2) is 5.61. The van der Waals surface area contributed by atoms with Crippen LogP contribution in [0.3, 0.4) is 0 Å². The number of thiophene rings is 1. The van der Waals surface area contributed by atoms with Crippen LogP contribution >= 0.6 is 11.3 Å². The van der Waals surface area contributed by atoms with Crippen LogP contribution in [0.1, 0.15) is 5.56 Å². The fourth-order valence-electron chi connectivity index (χ4n) is 3.20. The second-order valence-electron chi connectivity index (χ2n) is 5.73. The van der Waals surface area contributed by atoms with E-state index in [0.717, 1.165) is 31.7 Å². The largest absolute Gasteiger partial charge is 0.367 e. The van der Waals surface area contributed by atoms with Crippen LogP contribution in [0.5, 0.6) is 0 Å². The van der Waals surface area contributed by atoms with E-state index in [0.29, 0.717) is 0 Å². The van der Waals surface area contributed by atoms with E-state index in [1.807, 2.05) is 17.5 Å². The molecule has 0 saturated carbocycles. The van der Waals surface area contributed by atoms with Gasteiger partial charge >= 0.3 is 0 Å². The van der Waals surface area contributed by atoms with E-state index in [1.165, 1.54) is 21.6 Å². The molecule has 0 radical (unpaired) electrons. The number of para-hydroxylation sites is 1. The Bertz CT molecular complexity index is 774. The molecule has 4 rings (SSSR count). The third-order valence-electron chi connectivity index (χ3n) is 4.39. The van der Waals surface area contributed by atoms with Gasteiger partial charge in [-0.1, -0.05) is 18.2 Å². The van der Waals surface area contributed by atoms with Crippen molar-refractivity contribution in [2.24, 2.45) is 0 Å². The molecule has 0 N–H and O–H groups in total. The summed E-state index contributed by atoms with van der Waals surface area (Å²) in [6.07, 6.45) is 1.94. The molecule has 1 aliphatic rings. The number of hydrogen-bond donors (Lipinski definition) is 0. The highest BCUT2D eigenvalue weighted by Crippen LogP contribution is 2.29. The first-order valence-corrected chi connectivity index (χ1v) is 8.58. The smallest absolute Gasteiger partial charge is 0.0909 e. The number of pyridine rings is 1. The van der Waals surface area contributed by atoms with Gasteiger partial charge in [-0.3, -0.25) is 4.98 Å². The first kappa shape index (κ1) is 13.6. The number of nitrogens with zero attached hydrogens (tertiary/aromatic N) is 3. The van der Waals surface area contributed by atoms with Crippen LogP contribution in [0, 0.1) is 6.92 Å². The quantitative estimate of drug-likeness (QED) is 0.715.